The topological polar surface area (TPSA) is 130 Å². The van der Waals surface area contributed by atoms with Crippen molar-refractivity contribution in [3.8, 4) is 0 Å². The summed E-state index contributed by atoms with van der Waals surface area (Å²) in [5.74, 6) is -3.79. The van der Waals surface area contributed by atoms with E-state index < -0.39 is 24.3 Å². The average molecular weight is 573 g/mol. The zero-order valence-corrected chi connectivity index (χ0v) is 20.7. The highest BCUT2D eigenvalue weighted by Crippen LogP contribution is 2.36. The van der Waals surface area contributed by atoms with Gasteiger partial charge < -0.3 is 24.6 Å². The molecule has 4 rings (SSSR count). The highest BCUT2D eigenvalue weighted by atomic mass is 19.4. The molecule has 3 aliphatic heterocycles. The molecule has 0 bridgehead atoms. The first-order valence-electron chi connectivity index (χ1n) is 11.8. The Morgan fingerprint density at radius 2 is 1.54 bits per heavy atom. The van der Waals surface area contributed by atoms with E-state index >= 15 is 0 Å². The van der Waals surface area contributed by atoms with Gasteiger partial charge >= 0.3 is 24.3 Å². The average Bonchev–Trinajstić information content (AvgIpc) is 3.28. The Bertz CT molecular complexity index is 918. The van der Waals surface area contributed by atoms with E-state index in [0.717, 1.165) is 45.9 Å². The van der Waals surface area contributed by atoms with Gasteiger partial charge in [0.1, 0.15) is 0 Å². The van der Waals surface area contributed by atoms with Crippen LogP contribution in [0.1, 0.15) is 12.0 Å². The van der Waals surface area contributed by atoms with E-state index in [9.17, 15) is 31.1 Å². The summed E-state index contributed by atoms with van der Waals surface area (Å²) in [5.41, 5.74) is 1.25. The van der Waals surface area contributed by atoms with Gasteiger partial charge in [-0.2, -0.15) is 26.3 Å². The number of hydrogen-bond acceptors (Lipinski definition) is 7. The number of morpholine rings is 1. The van der Waals surface area contributed by atoms with Crippen molar-refractivity contribution in [2.45, 2.75) is 25.3 Å². The van der Waals surface area contributed by atoms with Crippen molar-refractivity contribution in [2.24, 2.45) is 17.8 Å². The normalized spacial score (nSPS) is 23.4. The van der Waals surface area contributed by atoms with E-state index in [1.165, 1.54) is 5.56 Å². The Balaban J connectivity index is 0.000000317. The van der Waals surface area contributed by atoms with Crippen LogP contribution in [0.25, 0.3) is 0 Å². The zero-order valence-electron chi connectivity index (χ0n) is 20.7. The van der Waals surface area contributed by atoms with Crippen LogP contribution in [0, 0.1) is 17.8 Å². The molecule has 1 amide bonds. The molecule has 1 aromatic heterocycles. The monoisotopic (exact) mass is 573 g/mol. The number of amides is 1. The molecule has 220 valence electrons. The molecule has 0 spiro atoms. The summed E-state index contributed by atoms with van der Waals surface area (Å²) >= 11 is 0. The first kappa shape index (κ1) is 32.2. The minimum Gasteiger partial charge on any atom is -0.475 e. The Hall–Kier alpha value is -2.98. The summed E-state index contributed by atoms with van der Waals surface area (Å²) in [4.78, 5) is 39.1. The first-order chi connectivity index (χ1) is 18.2. The third-order valence-corrected chi connectivity index (χ3v) is 6.25. The predicted molar refractivity (Wildman–Crippen MR) is 120 cm³/mol. The summed E-state index contributed by atoms with van der Waals surface area (Å²) in [6.07, 6.45) is -5.80. The smallest absolute Gasteiger partial charge is 0.475 e. The van der Waals surface area contributed by atoms with Crippen molar-refractivity contribution >= 4 is 17.8 Å². The van der Waals surface area contributed by atoms with Gasteiger partial charge in [0.15, 0.2) is 0 Å². The number of aliphatic carboxylic acids is 2. The fourth-order valence-corrected chi connectivity index (χ4v) is 4.45. The third kappa shape index (κ3) is 11.0. The van der Waals surface area contributed by atoms with Crippen LogP contribution in [0.3, 0.4) is 0 Å². The van der Waals surface area contributed by atoms with Gasteiger partial charge in [-0.3, -0.25) is 14.7 Å². The van der Waals surface area contributed by atoms with Gasteiger partial charge in [0.05, 0.1) is 26.4 Å². The van der Waals surface area contributed by atoms with E-state index in [1.807, 2.05) is 23.4 Å². The Kier molecular flexibility index (Phi) is 11.9. The fraction of sp³-hybridized carbons (Fsp3) is 0.652. The number of pyridine rings is 1. The van der Waals surface area contributed by atoms with Crippen LogP contribution in [0.4, 0.5) is 26.3 Å². The number of likely N-dealkylation sites (tertiary alicyclic amines) is 1. The van der Waals surface area contributed by atoms with E-state index in [-0.39, 0.29) is 5.91 Å². The van der Waals surface area contributed by atoms with Crippen molar-refractivity contribution in [1.82, 2.24) is 14.8 Å². The molecular formula is C23H29F6N3O7. The predicted octanol–water partition coefficient (Wildman–Crippen LogP) is 2.29. The van der Waals surface area contributed by atoms with Crippen LogP contribution in [0.2, 0.25) is 0 Å². The Morgan fingerprint density at radius 3 is 2.05 bits per heavy atom. The second kappa shape index (κ2) is 14.4. The summed E-state index contributed by atoms with van der Waals surface area (Å²) in [6, 6.07) is 4.12. The summed E-state index contributed by atoms with van der Waals surface area (Å²) < 4.78 is 74.7. The molecule has 2 N–H and O–H groups in total. The number of aromatic nitrogens is 1. The second-order valence-corrected chi connectivity index (χ2v) is 9.08. The second-order valence-electron chi connectivity index (χ2n) is 9.08. The first-order valence-corrected chi connectivity index (χ1v) is 11.8. The molecule has 10 nitrogen and oxygen atoms in total. The third-order valence-electron chi connectivity index (χ3n) is 6.25. The highest BCUT2D eigenvalue weighted by Gasteiger charge is 2.42. The molecule has 3 saturated heterocycles. The van der Waals surface area contributed by atoms with Crippen molar-refractivity contribution in [2.75, 3.05) is 52.6 Å². The molecule has 4 heterocycles. The van der Waals surface area contributed by atoms with E-state index in [1.54, 1.807) is 0 Å². The Morgan fingerprint density at radius 1 is 0.949 bits per heavy atom. The molecule has 0 saturated carbocycles. The summed E-state index contributed by atoms with van der Waals surface area (Å²) in [7, 11) is 0. The number of carboxylic acid groups (broad SMARTS) is 2. The number of hydrogen-bond donors (Lipinski definition) is 2. The SMILES string of the molecule is O=C(C[C@@H]1COC[C@H]2CN(Cc3cccnc3)C[C@@H]12)N1CCOCC1.O=C(O)C(F)(F)F.O=C(O)C(F)(F)F. The number of carbonyl (C=O) groups excluding carboxylic acids is 1. The van der Waals surface area contributed by atoms with Gasteiger partial charge in [-0.15, -0.1) is 0 Å². The lowest BCUT2D eigenvalue weighted by Gasteiger charge is -2.35. The molecule has 0 unspecified atom stereocenters. The van der Waals surface area contributed by atoms with Crippen molar-refractivity contribution in [3.63, 3.8) is 0 Å². The van der Waals surface area contributed by atoms with Crippen molar-refractivity contribution in [3.05, 3.63) is 30.1 Å². The van der Waals surface area contributed by atoms with Crippen LogP contribution in [-0.4, -0.2) is 108 Å². The van der Waals surface area contributed by atoms with Gasteiger partial charge in [-0.1, -0.05) is 6.07 Å². The van der Waals surface area contributed by atoms with E-state index in [0.29, 0.717) is 37.4 Å². The molecule has 3 atom stereocenters. The number of alkyl halides is 6. The number of carboxylic acids is 2. The van der Waals surface area contributed by atoms with Gasteiger partial charge in [0.25, 0.3) is 0 Å². The summed E-state index contributed by atoms with van der Waals surface area (Å²) in [5, 5.41) is 14.2. The molecule has 3 fully saturated rings. The number of fused-ring (bicyclic) bond motifs is 1. The van der Waals surface area contributed by atoms with Crippen LogP contribution >= 0.6 is 0 Å². The molecule has 16 heteroatoms. The maximum Gasteiger partial charge on any atom is 0.490 e. The Labute approximate surface area is 219 Å². The van der Waals surface area contributed by atoms with Crippen LogP contribution < -0.4 is 0 Å². The number of halogens is 6. The lowest BCUT2D eigenvalue weighted by molar-refractivity contribution is -0.193. The van der Waals surface area contributed by atoms with E-state index in [4.69, 9.17) is 29.3 Å². The quantitative estimate of drug-likeness (QED) is 0.522. The van der Waals surface area contributed by atoms with Crippen LogP contribution in [0.5, 0.6) is 0 Å². The van der Waals surface area contributed by atoms with Crippen molar-refractivity contribution < 1.29 is 60.4 Å². The molecule has 3 aliphatic rings. The standard InChI is InChI=1S/C19H27N3O3.2C2HF3O2/c23-19(22-4-6-24-7-5-22)8-16-13-25-14-17-11-21(12-18(16)17)10-15-2-1-3-20-9-15;2*3-2(4,5)1(6)7/h1-3,9,16-18H,4-8,10-14H2;2*(H,6,7)/t16-,17-,18+;;/m1../s1. The number of carbonyl (C=O) groups is 3. The van der Waals surface area contributed by atoms with Gasteiger partial charge in [0.2, 0.25) is 5.91 Å². The molecule has 0 aromatic carbocycles. The van der Waals surface area contributed by atoms with Gasteiger partial charge in [0, 0.05) is 51.5 Å². The highest BCUT2D eigenvalue weighted by molar-refractivity contribution is 5.76. The molecular weight excluding hydrogens is 544 g/mol. The zero-order chi connectivity index (χ0) is 29.2. The van der Waals surface area contributed by atoms with Crippen LogP contribution in [-0.2, 0) is 30.4 Å². The maximum atomic E-state index is 12.6. The fourth-order valence-electron chi connectivity index (χ4n) is 4.45. The summed E-state index contributed by atoms with van der Waals surface area (Å²) in [6.45, 7) is 7.39. The van der Waals surface area contributed by atoms with Crippen LogP contribution in [0.15, 0.2) is 24.5 Å². The minimum atomic E-state index is -5.08. The molecule has 1 aromatic rings. The van der Waals surface area contributed by atoms with Gasteiger partial charge in [-0.05, 0) is 29.4 Å². The largest absolute Gasteiger partial charge is 0.490 e. The molecule has 39 heavy (non-hydrogen) atoms. The number of ether oxygens (including phenoxy) is 2. The van der Waals surface area contributed by atoms with Gasteiger partial charge in [-0.25, -0.2) is 9.59 Å². The lowest BCUT2D eigenvalue weighted by Crippen LogP contribution is -2.44. The number of nitrogens with zero attached hydrogens (tertiary/aromatic N) is 3. The number of rotatable bonds is 4. The van der Waals surface area contributed by atoms with E-state index in [2.05, 4.69) is 16.0 Å². The lowest BCUT2D eigenvalue weighted by atomic mass is 9.81. The molecule has 0 radical (unpaired) electrons. The van der Waals surface area contributed by atoms with Crippen molar-refractivity contribution in [1.29, 1.82) is 0 Å². The molecule has 0 aliphatic carbocycles. The minimum absolute atomic E-state index is 0.267. The maximum absolute atomic E-state index is 12.6.